The summed E-state index contributed by atoms with van der Waals surface area (Å²) in [6.45, 7) is 3.77. The first-order chi connectivity index (χ1) is 14.0. The Morgan fingerprint density at radius 3 is 2.52 bits per heavy atom. The van der Waals surface area contributed by atoms with E-state index in [1.807, 2.05) is 0 Å². The highest BCUT2D eigenvalue weighted by molar-refractivity contribution is 6.04. The van der Waals surface area contributed by atoms with Crippen LogP contribution in [0, 0.1) is 6.42 Å². The van der Waals surface area contributed by atoms with Crippen molar-refractivity contribution < 1.29 is 14.1 Å². The van der Waals surface area contributed by atoms with Crippen molar-refractivity contribution in [1.29, 1.82) is 0 Å². The second kappa shape index (κ2) is 8.12. The largest absolute Gasteiger partial charge is 0.366 e. The Bertz CT molecular complexity index is 964. The van der Waals surface area contributed by atoms with Crippen LogP contribution in [0.3, 0.4) is 0 Å². The molecule has 2 amide bonds. The van der Waals surface area contributed by atoms with Gasteiger partial charge in [0.15, 0.2) is 0 Å². The molecule has 155 valence electrons. The molecule has 2 aliphatic rings. The molecule has 29 heavy (non-hydrogen) atoms. The van der Waals surface area contributed by atoms with Crippen LogP contribution in [0.1, 0.15) is 48.0 Å². The molecular weight excluding hydrogens is 370 g/mol. The number of H-pyrrole nitrogens is 2. The van der Waals surface area contributed by atoms with E-state index in [1.165, 1.54) is 6.42 Å². The van der Waals surface area contributed by atoms with Gasteiger partial charge in [0.2, 0.25) is 0 Å². The van der Waals surface area contributed by atoms with E-state index in [4.69, 9.17) is 5.73 Å². The molecule has 8 nitrogen and oxygen atoms in total. The minimum absolute atomic E-state index is 0.180. The minimum Gasteiger partial charge on any atom is -0.366 e. The van der Waals surface area contributed by atoms with Crippen LogP contribution in [0.2, 0.25) is 0 Å². The lowest BCUT2D eigenvalue weighted by atomic mass is 9.94. The van der Waals surface area contributed by atoms with Gasteiger partial charge in [-0.05, 0) is 43.4 Å². The van der Waals surface area contributed by atoms with Gasteiger partial charge in [-0.15, -0.1) is 0 Å². The fraction of sp³-hybridized carbons (Fsp3) is 0.524. The summed E-state index contributed by atoms with van der Waals surface area (Å²) in [5.74, 6) is -0.424. The number of carbonyl (C=O) groups excluding carboxylic acids is 2. The van der Waals surface area contributed by atoms with Crippen LogP contribution in [-0.2, 0) is 11.2 Å². The van der Waals surface area contributed by atoms with E-state index in [-0.39, 0.29) is 17.2 Å². The number of nitrogens with zero attached hydrogens (tertiary/aromatic N) is 1. The molecular formula is C21H29N5O3+. The number of imidazole rings is 1. The Kier molecular flexibility index (Phi) is 5.56. The van der Waals surface area contributed by atoms with Crippen molar-refractivity contribution >= 4 is 22.8 Å². The lowest BCUT2D eigenvalue weighted by Crippen LogP contribution is -2.63. The molecule has 5 N–H and O–H groups in total. The Hall–Kier alpha value is -2.45. The number of hydrogen-bond acceptors (Lipinski definition) is 4. The van der Waals surface area contributed by atoms with Crippen LogP contribution in [-0.4, -0.2) is 58.5 Å². The summed E-state index contributed by atoms with van der Waals surface area (Å²) in [6.07, 6.45) is 7.61. The van der Waals surface area contributed by atoms with Crippen molar-refractivity contribution in [3.05, 3.63) is 40.2 Å². The van der Waals surface area contributed by atoms with Gasteiger partial charge >= 0.3 is 11.6 Å². The zero-order valence-corrected chi connectivity index (χ0v) is 16.6. The first kappa shape index (κ1) is 19.8. The molecule has 1 aromatic heterocycles. The van der Waals surface area contributed by atoms with Crippen LogP contribution in [0.4, 0.5) is 0 Å². The number of fused-ring (bicyclic) bond motifs is 1. The standard InChI is InChI=1S/C21H28N5O3/c22-20(28)16-12-14(13-17-19(16)25-21(29)24-17)4-5-18(27)26(10-2-1-3-11-26)15-6-8-23-9-7-15/h5,12-13,15,23H,1-4,6-11H2,(H3-,22,24,25,28,29)/p+1. The molecule has 0 saturated carbocycles. The van der Waals surface area contributed by atoms with Gasteiger partial charge in [0.05, 0.1) is 42.1 Å². The molecule has 3 heterocycles. The van der Waals surface area contributed by atoms with E-state index >= 15 is 0 Å². The van der Waals surface area contributed by atoms with E-state index in [1.54, 1.807) is 18.6 Å². The highest BCUT2D eigenvalue weighted by Crippen LogP contribution is 2.29. The van der Waals surface area contributed by atoms with Crippen molar-refractivity contribution in [2.24, 2.45) is 5.73 Å². The quantitative estimate of drug-likeness (QED) is 0.560. The van der Waals surface area contributed by atoms with Crippen molar-refractivity contribution in [2.45, 2.75) is 44.6 Å². The molecule has 0 aliphatic carbocycles. The third kappa shape index (κ3) is 3.86. The Balaban J connectivity index is 1.56. The molecule has 2 saturated heterocycles. The smallest absolute Gasteiger partial charge is 0.323 e. The predicted octanol–water partition coefficient (Wildman–Crippen LogP) is 0.981. The normalized spacial score (nSPS) is 20.0. The maximum absolute atomic E-state index is 13.4. The zero-order chi connectivity index (χ0) is 20.4. The van der Waals surface area contributed by atoms with Crippen molar-refractivity contribution in [2.75, 3.05) is 26.2 Å². The fourth-order valence-electron chi connectivity index (χ4n) is 5.04. The van der Waals surface area contributed by atoms with Gasteiger partial charge < -0.3 is 21.0 Å². The lowest BCUT2D eigenvalue weighted by Gasteiger charge is -2.46. The average molecular weight is 399 g/mol. The van der Waals surface area contributed by atoms with E-state index in [2.05, 4.69) is 15.3 Å². The number of nitrogens with one attached hydrogen (secondary N) is 3. The molecule has 2 aromatic rings. The number of aromatic nitrogens is 2. The van der Waals surface area contributed by atoms with Gasteiger partial charge in [-0.2, -0.15) is 0 Å². The number of benzene rings is 1. The molecule has 8 heteroatoms. The summed E-state index contributed by atoms with van der Waals surface area (Å²) in [7, 11) is 0. The number of likely N-dealkylation sites (tertiary alicyclic amines) is 1. The number of quaternary nitrogens is 1. The molecule has 0 bridgehead atoms. The van der Waals surface area contributed by atoms with Gasteiger partial charge in [-0.25, -0.2) is 9.59 Å². The SMILES string of the molecule is NC(=O)c1cc(C[CH]C(=O)[N+]2(C3CCNCC3)CCCCC2)cc2[nH]c(=O)[nH]c12. The summed E-state index contributed by atoms with van der Waals surface area (Å²) >= 11 is 0. The van der Waals surface area contributed by atoms with Gasteiger partial charge in [0.1, 0.15) is 0 Å². The number of amides is 2. The monoisotopic (exact) mass is 399 g/mol. The molecule has 2 fully saturated rings. The van der Waals surface area contributed by atoms with Gasteiger partial charge in [0.25, 0.3) is 5.91 Å². The van der Waals surface area contributed by atoms with Crippen molar-refractivity contribution in [3.63, 3.8) is 0 Å². The zero-order valence-electron chi connectivity index (χ0n) is 16.6. The molecule has 2 aliphatic heterocycles. The Morgan fingerprint density at radius 1 is 1.10 bits per heavy atom. The van der Waals surface area contributed by atoms with E-state index in [0.717, 1.165) is 57.4 Å². The minimum atomic E-state index is -0.604. The third-order valence-corrected chi connectivity index (χ3v) is 6.52. The first-order valence-electron chi connectivity index (χ1n) is 10.5. The number of carbonyl (C=O) groups is 2. The molecule has 0 atom stereocenters. The summed E-state index contributed by atoms with van der Waals surface area (Å²) < 4.78 is 0.563. The Morgan fingerprint density at radius 2 is 1.83 bits per heavy atom. The van der Waals surface area contributed by atoms with Crippen molar-refractivity contribution in [3.8, 4) is 0 Å². The number of piperidine rings is 2. The number of rotatable bonds is 5. The maximum atomic E-state index is 13.4. The average Bonchev–Trinajstić information content (AvgIpc) is 3.12. The van der Waals surface area contributed by atoms with Crippen LogP contribution in [0.15, 0.2) is 16.9 Å². The molecule has 0 unspecified atom stereocenters. The van der Waals surface area contributed by atoms with E-state index in [9.17, 15) is 14.4 Å². The summed E-state index contributed by atoms with van der Waals surface area (Å²) in [4.78, 5) is 42.2. The highest BCUT2D eigenvalue weighted by Gasteiger charge is 2.44. The molecule has 1 radical (unpaired) electrons. The number of aromatic amines is 2. The van der Waals surface area contributed by atoms with Crippen LogP contribution >= 0.6 is 0 Å². The highest BCUT2D eigenvalue weighted by atomic mass is 16.2. The topological polar surface area (TPSA) is 121 Å². The fourth-order valence-corrected chi connectivity index (χ4v) is 5.04. The van der Waals surface area contributed by atoms with Gasteiger partial charge in [-0.1, -0.05) is 0 Å². The molecule has 4 rings (SSSR count). The number of primary amides is 1. The second-order valence-electron chi connectivity index (χ2n) is 8.28. The third-order valence-electron chi connectivity index (χ3n) is 6.52. The predicted molar refractivity (Wildman–Crippen MR) is 110 cm³/mol. The number of hydrogen-bond donors (Lipinski definition) is 4. The summed E-state index contributed by atoms with van der Waals surface area (Å²) in [6, 6.07) is 3.85. The molecule has 1 aromatic carbocycles. The Labute approximate surface area is 169 Å². The summed E-state index contributed by atoms with van der Waals surface area (Å²) in [5.41, 5.74) is 7.09. The van der Waals surface area contributed by atoms with Gasteiger partial charge in [-0.3, -0.25) is 9.28 Å². The maximum Gasteiger partial charge on any atom is 0.323 e. The van der Waals surface area contributed by atoms with Crippen LogP contribution in [0.5, 0.6) is 0 Å². The van der Waals surface area contributed by atoms with E-state index < -0.39 is 5.91 Å². The second-order valence-corrected chi connectivity index (χ2v) is 8.28. The number of nitrogens with two attached hydrogens (primary N) is 1. The summed E-state index contributed by atoms with van der Waals surface area (Å²) in [5, 5.41) is 3.40. The van der Waals surface area contributed by atoms with Crippen LogP contribution in [0.25, 0.3) is 11.0 Å². The van der Waals surface area contributed by atoms with Gasteiger partial charge in [0, 0.05) is 25.9 Å². The van der Waals surface area contributed by atoms with E-state index in [0.29, 0.717) is 28.0 Å². The first-order valence-corrected chi connectivity index (χ1v) is 10.5. The van der Waals surface area contributed by atoms with Crippen LogP contribution < -0.4 is 16.7 Å². The molecule has 0 spiro atoms. The van der Waals surface area contributed by atoms with Crippen molar-refractivity contribution in [1.82, 2.24) is 15.3 Å². The lowest BCUT2D eigenvalue weighted by molar-refractivity contribution is -0.884.